The summed E-state index contributed by atoms with van der Waals surface area (Å²) in [6.45, 7) is 5.06. The number of aliphatic hydroxyl groups is 1. The molecule has 5 heteroatoms. The summed E-state index contributed by atoms with van der Waals surface area (Å²) in [5.41, 5.74) is 1.17. The molecule has 2 aliphatic heterocycles. The van der Waals surface area contributed by atoms with Crippen LogP contribution in [0.25, 0.3) is 0 Å². The van der Waals surface area contributed by atoms with Gasteiger partial charge in [0.15, 0.2) is 0 Å². The molecule has 3 rings (SSSR count). The summed E-state index contributed by atoms with van der Waals surface area (Å²) in [5, 5.41) is 9.41. The van der Waals surface area contributed by atoms with Crippen LogP contribution in [0.3, 0.4) is 0 Å². The molecular weight excluding hydrogens is 242 g/mol. The predicted octanol–water partition coefficient (Wildman–Crippen LogP) is 0.627. The Balaban J connectivity index is 1.60. The van der Waals surface area contributed by atoms with Gasteiger partial charge in [0.2, 0.25) is 0 Å². The lowest BCUT2D eigenvalue weighted by Crippen LogP contribution is -2.37. The summed E-state index contributed by atoms with van der Waals surface area (Å²) in [6.07, 6.45) is 6.41. The SMILES string of the molecule is OCC1CCCc2nc(CCN3CCOCC3)cn21. The maximum Gasteiger partial charge on any atom is 0.109 e. The molecule has 0 aliphatic carbocycles. The molecule has 0 spiro atoms. The topological polar surface area (TPSA) is 50.5 Å². The Bertz CT molecular complexity index is 413. The first-order valence-corrected chi connectivity index (χ1v) is 7.34. The van der Waals surface area contributed by atoms with E-state index in [0.29, 0.717) is 0 Å². The number of fused-ring (bicyclic) bond motifs is 1. The van der Waals surface area contributed by atoms with Gasteiger partial charge >= 0.3 is 0 Å². The number of hydrogen-bond donors (Lipinski definition) is 1. The first-order chi connectivity index (χ1) is 9.36. The Morgan fingerprint density at radius 1 is 1.37 bits per heavy atom. The van der Waals surface area contributed by atoms with E-state index < -0.39 is 0 Å². The van der Waals surface area contributed by atoms with Crippen LogP contribution in [0.4, 0.5) is 0 Å². The van der Waals surface area contributed by atoms with Gasteiger partial charge in [-0.25, -0.2) is 4.98 Å². The fourth-order valence-corrected chi connectivity index (χ4v) is 3.02. The number of imidazole rings is 1. The number of morpholine rings is 1. The van der Waals surface area contributed by atoms with E-state index in [2.05, 4.69) is 15.7 Å². The second kappa shape index (κ2) is 6.03. The first-order valence-electron chi connectivity index (χ1n) is 7.34. The van der Waals surface area contributed by atoms with Gasteiger partial charge in [-0.1, -0.05) is 0 Å². The third kappa shape index (κ3) is 2.99. The Hall–Kier alpha value is -0.910. The molecule has 1 atom stereocenters. The first kappa shape index (κ1) is 13.1. The molecule has 1 aromatic heterocycles. The van der Waals surface area contributed by atoms with Crippen molar-refractivity contribution in [2.24, 2.45) is 0 Å². The lowest BCUT2D eigenvalue weighted by Gasteiger charge is -2.26. The quantitative estimate of drug-likeness (QED) is 0.867. The number of aliphatic hydroxyl groups excluding tert-OH is 1. The summed E-state index contributed by atoms with van der Waals surface area (Å²) in [7, 11) is 0. The Kier molecular flexibility index (Phi) is 4.15. The smallest absolute Gasteiger partial charge is 0.109 e. The molecule has 19 heavy (non-hydrogen) atoms. The van der Waals surface area contributed by atoms with E-state index >= 15 is 0 Å². The molecule has 0 aromatic carbocycles. The highest BCUT2D eigenvalue weighted by Crippen LogP contribution is 2.24. The Labute approximate surface area is 114 Å². The fourth-order valence-electron chi connectivity index (χ4n) is 3.02. The van der Waals surface area contributed by atoms with Crippen LogP contribution in [0.15, 0.2) is 6.20 Å². The van der Waals surface area contributed by atoms with Gasteiger partial charge in [-0.2, -0.15) is 0 Å². The van der Waals surface area contributed by atoms with Crippen LogP contribution in [0.2, 0.25) is 0 Å². The molecular formula is C14H23N3O2. The van der Waals surface area contributed by atoms with E-state index in [1.807, 2.05) is 0 Å². The summed E-state index contributed by atoms with van der Waals surface area (Å²) in [4.78, 5) is 7.16. The van der Waals surface area contributed by atoms with E-state index in [1.54, 1.807) is 0 Å². The van der Waals surface area contributed by atoms with Crippen molar-refractivity contribution in [2.75, 3.05) is 39.5 Å². The van der Waals surface area contributed by atoms with Gasteiger partial charge in [0.25, 0.3) is 0 Å². The lowest BCUT2D eigenvalue weighted by molar-refractivity contribution is 0.0383. The van der Waals surface area contributed by atoms with Crippen molar-refractivity contribution in [3.05, 3.63) is 17.7 Å². The number of hydrogen-bond acceptors (Lipinski definition) is 4. The predicted molar refractivity (Wildman–Crippen MR) is 72.3 cm³/mol. The molecule has 1 fully saturated rings. The standard InChI is InChI=1S/C14H23N3O2/c18-11-13-2-1-3-14-15-12(10-17(13)14)4-5-16-6-8-19-9-7-16/h10,13,18H,1-9,11H2. The van der Waals surface area contributed by atoms with Crippen molar-refractivity contribution in [3.8, 4) is 0 Å². The molecule has 1 N–H and O–H groups in total. The number of ether oxygens (including phenoxy) is 1. The maximum absolute atomic E-state index is 9.41. The minimum atomic E-state index is 0.228. The van der Waals surface area contributed by atoms with Crippen LogP contribution in [0.5, 0.6) is 0 Å². The summed E-state index contributed by atoms with van der Waals surface area (Å²) in [6, 6.07) is 0.244. The second-order valence-electron chi connectivity index (χ2n) is 5.49. The average molecular weight is 265 g/mol. The van der Waals surface area contributed by atoms with Crippen molar-refractivity contribution in [1.82, 2.24) is 14.5 Å². The highest BCUT2D eigenvalue weighted by molar-refractivity contribution is 5.08. The molecule has 1 unspecified atom stereocenters. The molecule has 3 heterocycles. The summed E-state index contributed by atoms with van der Waals surface area (Å²) < 4.78 is 7.55. The van der Waals surface area contributed by atoms with E-state index in [0.717, 1.165) is 64.4 Å². The van der Waals surface area contributed by atoms with Crippen molar-refractivity contribution < 1.29 is 9.84 Å². The number of aryl methyl sites for hydroxylation is 1. The zero-order chi connectivity index (χ0) is 13.1. The third-order valence-electron chi connectivity index (χ3n) is 4.19. The van der Waals surface area contributed by atoms with Crippen molar-refractivity contribution in [2.45, 2.75) is 31.7 Å². The molecule has 0 saturated carbocycles. The van der Waals surface area contributed by atoms with Crippen molar-refractivity contribution in [1.29, 1.82) is 0 Å². The highest BCUT2D eigenvalue weighted by atomic mass is 16.5. The minimum Gasteiger partial charge on any atom is -0.394 e. The van der Waals surface area contributed by atoms with Gasteiger partial charge < -0.3 is 14.4 Å². The molecule has 5 nitrogen and oxygen atoms in total. The Morgan fingerprint density at radius 3 is 3.00 bits per heavy atom. The van der Waals surface area contributed by atoms with Gasteiger partial charge in [0, 0.05) is 38.7 Å². The number of aromatic nitrogens is 2. The van der Waals surface area contributed by atoms with Crippen LogP contribution < -0.4 is 0 Å². The average Bonchev–Trinajstić information content (AvgIpc) is 2.89. The lowest BCUT2D eigenvalue weighted by atomic mass is 10.1. The maximum atomic E-state index is 9.41. The molecule has 0 bridgehead atoms. The second-order valence-corrected chi connectivity index (χ2v) is 5.49. The molecule has 1 saturated heterocycles. The highest BCUT2D eigenvalue weighted by Gasteiger charge is 2.21. The third-order valence-corrected chi connectivity index (χ3v) is 4.19. The van der Waals surface area contributed by atoms with Crippen LogP contribution >= 0.6 is 0 Å². The monoisotopic (exact) mass is 265 g/mol. The van der Waals surface area contributed by atoms with E-state index in [1.165, 1.54) is 5.69 Å². The Morgan fingerprint density at radius 2 is 2.21 bits per heavy atom. The summed E-state index contributed by atoms with van der Waals surface area (Å²) in [5.74, 6) is 1.15. The van der Waals surface area contributed by atoms with Crippen LogP contribution in [0.1, 0.15) is 30.4 Å². The zero-order valence-electron chi connectivity index (χ0n) is 11.4. The van der Waals surface area contributed by atoms with E-state index in [9.17, 15) is 5.11 Å². The zero-order valence-corrected chi connectivity index (χ0v) is 11.4. The summed E-state index contributed by atoms with van der Waals surface area (Å²) >= 11 is 0. The molecule has 106 valence electrons. The van der Waals surface area contributed by atoms with Crippen LogP contribution in [-0.4, -0.2) is 59.0 Å². The van der Waals surface area contributed by atoms with E-state index in [-0.39, 0.29) is 12.6 Å². The van der Waals surface area contributed by atoms with Gasteiger partial charge in [0.05, 0.1) is 31.6 Å². The van der Waals surface area contributed by atoms with E-state index in [4.69, 9.17) is 9.72 Å². The molecule has 1 aromatic rings. The van der Waals surface area contributed by atoms with Crippen molar-refractivity contribution >= 4 is 0 Å². The van der Waals surface area contributed by atoms with Crippen LogP contribution in [-0.2, 0) is 17.6 Å². The van der Waals surface area contributed by atoms with Gasteiger partial charge in [-0.05, 0) is 12.8 Å². The largest absolute Gasteiger partial charge is 0.394 e. The van der Waals surface area contributed by atoms with Gasteiger partial charge in [-0.15, -0.1) is 0 Å². The number of nitrogens with zero attached hydrogens (tertiary/aromatic N) is 3. The fraction of sp³-hybridized carbons (Fsp3) is 0.786. The normalized spacial score (nSPS) is 24.4. The van der Waals surface area contributed by atoms with Gasteiger partial charge in [-0.3, -0.25) is 4.90 Å². The van der Waals surface area contributed by atoms with Crippen molar-refractivity contribution in [3.63, 3.8) is 0 Å². The minimum absolute atomic E-state index is 0.228. The van der Waals surface area contributed by atoms with Crippen LogP contribution in [0, 0.1) is 0 Å². The number of rotatable bonds is 4. The van der Waals surface area contributed by atoms with Gasteiger partial charge in [0.1, 0.15) is 5.82 Å². The molecule has 0 radical (unpaired) electrons. The molecule has 0 amide bonds. The molecule has 2 aliphatic rings.